The van der Waals surface area contributed by atoms with Crippen LogP contribution in [0.5, 0.6) is 0 Å². The van der Waals surface area contributed by atoms with Crippen LogP contribution < -0.4 is 5.73 Å². The maximum Gasteiger partial charge on any atom is 0.0831 e. The molecule has 1 aliphatic heterocycles. The molecule has 1 unspecified atom stereocenters. The van der Waals surface area contributed by atoms with Crippen molar-refractivity contribution < 1.29 is 4.74 Å². The van der Waals surface area contributed by atoms with E-state index in [1.807, 2.05) is 0 Å². The second-order valence-electron chi connectivity index (χ2n) is 5.89. The fourth-order valence-electron chi connectivity index (χ4n) is 2.73. The maximum absolute atomic E-state index is 5.95. The first-order chi connectivity index (χ1) is 8.48. The largest absolute Gasteiger partial charge is 0.368 e. The number of aryl methyl sites for hydroxylation is 1. The zero-order chi connectivity index (χ0) is 13.2. The van der Waals surface area contributed by atoms with Crippen LogP contribution in [0.4, 0.5) is 0 Å². The Morgan fingerprint density at radius 2 is 2.22 bits per heavy atom. The van der Waals surface area contributed by atoms with Crippen molar-refractivity contribution >= 4 is 0 Å². The van der Waals surface area contributed by atoms with E-state index in [9.17, 15) is 0 Å². The average molecular weight is 248 g/mol. The van der Waals surface area contributed by atoms with Crippen LogP contribution in [0.25, 0.3) is 0 Å². The number of hydrogen-bond donors (Lipinski definition) is 1. The van der Waals surface area contributed by atoms with Gasteiger partial charge in [-0.15, -0.1) is 0 Å². The van der Waals surface area contributed by atoms with E-state index in [2.05, 4.69) is 49.9 Å². The summed E-state index contributed by atoms with van der Waals surface area (Å²) < 4.78 is 5.95. The van der Waals surface area contributed by atoms with E-state index in [-0.39, 0.29) is 11.7 Å². The molecule has 0 amide bonds. The van der Waals surface area contributed by atoms with Crippen molar-refractivity contribution in [3.63, 3.8) is 0 Å². The number of morpholine rings is 1. The molecule has 18 heavy (non-hydrogen) atoms. The van der Waals surface area contributed by atoms with E-state index in [0.717, 1.165) is 19.6 Å². The summed E-state index contributed by atoms with van der Waals surface area (Å²) in [5, 5.41) is 0. The Morgan fingerprint density at radius 1 is 1.44 bits per heavy atom. The zero-order valence-electron chi connectivity index (χ0n) is 11.6. The first-order valence-corrected chi connectivity index (χ1v) is 6.64. The molecule has 1 fully saturated rings. The van der Waals surface area contributed by atoms with Crippen LogP contribution in [0.1, 0.15) is 25.0 Å². The standard InChI is InChI=1S/C15H24N2O/c1-12-5-4-6-13(7-12)9-17-10-14(8-16)18-15(2,3)11-17/h4-7,14H,8-11,16H2,1-3H3. The molecule has 0 radical (unpaired) electrons. The average Bonchev–Trinajstić information content (AvgIpc) is 2.26. The Morgan fingerprint density at radius 3 is 2.89 bits per heavy atom. The number of rotatable bonds is 3. The molecule has 2 N–H and O–H groups in total. The van der Waals surface area contributed by atoms with Crippen LogP contribution in [0.15, 0.2) is 24.3 Å². The number of nitrogens with two attached hydrogens (primary N) is 1. The molecule has 1 atom stereocenters. The maximum atomic E-state index is 5.95. The van der Waals surface area contributed by atoms with Gasteiger partial charge in [0.1, 0.15) is 0 Å². The van der Waals surface area contributed by atoms with Crippen molar-refractivity contribution in [2.24, 2.45) is 5.73 Å². The van der Waals surface area contributed by atoms with Gasteiger partial charge in [0.25, 0.3) is 0 Å². The summed E-state index contributed by atoms with van der Waals surface area (Å²) in [5.41, 5.74) is 8.33. The molecule has 1 aromatic carbocycles. The Balaban J connectivity index is 2.04. The van der Waals surface area contributed by atoms with Gasteiger partial charge in [-0.25, -0.2) is 0 Å². The lowest BCUT2D eigenvalue weighted by atomic mass is 10.0. The lowest BCUT2D eigenvalue weighted by Crippen LogP contribution is -2.54. The van der Waals surface area contributed by atoms with Gasteiger partial charge in [0.15, 0.2) is 0 Å². The first kappa shape index (κ1) is 13.5. The van der Waals surface area contributed by atoms with E-state index < -0.39 is 0 Å². The molecular weight excluding hydrogens is 224 g/mol. The molecule has 2 rings (SSSR count). The summed E-state index contributed by atoms with van der Waals surface area (Å²) in [6.45, 7) is 9.86. The highest BCUT2D eigenvalue weighted by Gasteiger charge is 2.32. The van der Waals surface area contributed by atoms with Crippen molar-refractivity contribution in [1.82, 2.24) is 4.90 Å². The Labute approximate surface area is 110 Å². The first-order valence-electron chi connectivity index (χ1n) is 6.64. The van der Waals surface area contributed by atoms with E-state index in [1.165, 1.54) is 11.1 Å². The minimum Gasteiger partial charge on any atom is -0.368 e. The summed E-state index contributed by atoms with van der Waals surface area (Å²) in [6, 6.07) is 8.69. The molecule has 0 aliphatic carbocycles. The molecular formula is C15H24N2O. The summed E-state index contributed by atoms with van der Waals surface area (Å²) >= 11 is 0. The van der Waals surface area contributed by atoms with Gasteiger partial charge in [0, 0.05) is 26.2 Å². The van der Waals surface area contributed by atoms with Gasteiger partial charge in [-0.2, -0.15) is 0 Å². The minimum atomic E-state index is -0.105. The summed E-state index contributed by atoms with van der Waals surface area (Å²) in [4.78, 5) is 2.44. The van der Waals surface area contributed by atoms with Gasteiger partial charge in [-0.05, 0) is 26.3 Å². The SMILES string of the molecule is Cc1cccc(CN2CC(CN)OC(C)(C)C2)c1. The predicted molar refractivity (Wildman–Crippen MR) is 74.5 cm³/mol. The predicted octanol–water partition coefficient (Wildman–Crippen LogP) is 1.93. The van der Waals surface area contributed by atoms with Gasteiger partial charge >= 0.3 is 0 Å². The number of hydrogen-bond acceptors (Lipinski definition) is 3. The molecule has 3 nitrogen and oxygen atoms in total. The van der Waals surface area contributed by atoms with Crippen molar-refractivity contribution in [1.29, 1.82) is 0 Å². The fraction of sp³-hybridized carbons (Fsp3) is 0.600. The normalized spacial score (nSPS) is 24.1. The smallest absolute Gasteiger partial charge is 0.0831 e. The molecule has 0 aromatic heterocycles. The lowest BCUT2D eigenvalue weighted by Gasteiger charge is -2.42. The highest BCUT2D eigenvalue weighted by molar-refractivity contribution is 5.22. The topological polar surface area (TPSA) is 38.5 Å². The molecule has 0 saturated carbocycles. The molecule has 3 heteroatoms. The second kappa shape index (κ2) is 5.39. The third-order valence-corrected chi connectivity index (χ3v) is 3.30. The summed E-state index contributed by atoms with van der Waals surface area (Å²) in [5.74, 6) is 0. The highest BCUT2D eigenvalue weighted by atomic mass is 16.5. The Bertz CT molecular complexity index is 403. The van der Waals surface area contributed by atoms with Crippen LogP contribution in [-0.4, -0.2) is 36.2 Å². The Hall–Kier alpha value is -0.900. The van der Waals surface area contributed by atoms with E-state index >= 15 is 0 Å². The van der Waals surface area contributed by atoms with Crippen molar-refractivity contribution in [3.8, 4) is 0 Å². The molecule has 0 bridgehead atoms. The van der Waals surface area contributed by atoms with Gasteiger partial charge in [0.05, 0.1) is 11.7 Å². The second-order valence-corrected chi connectivity index (χ2v) is 5.89. The summed E-state index contributed by atoms with van der Waals surface area (Å²) in [6.07, 6.45) is 0.151. The molecule has 1 aliphatic rings. The van der Waals surface area contributed by atoms with Crippen LogP contribution in [0, 0.1) is 6.92 Å². The molecule has 100 valence electrons. The third-order valence-electron chi connectivity index (χ3n) is 3.30. The monoisotopic (exact) mass is 248 g/mol. The minimum absolute atomic E-state index is 0.105. The fourth-order valence-corrected chi connectivity index (χ4v) is 2.73. The molecule has 1 saturated heterocycles. The van der Waals surface area contributed by atoms with Gasteiger partial charge in [-0.3, -0.25) is 4.90 Å². The van der Waals surface area contributed by atoms with Crippen LogP contribution in [-0.2, 0) is 11.3 Å². The number of benzene rings is 1. The van der Waals surface area contributed by atoms with E-state index in [0.29, 0.717) is 6.54 Å². The van der Waals surface area contributed by atoms with Crippen molar-refractivity contribution in [2.75, 3.05) is 19.6 Å². The van der Waals surface area contributed by atoms with Gasteiger partial charge < -0.3 is 10.5 Å². The van der Waals surface area contributed by atoms with Crippen LogP contribution in [0.2, 0.25) is 0 Å². The van der Waals surface area contributed by atoms with Gasteiger partial charge in [0.2, 0.25) is 0 Å². The summed E-state index contributed by atoms with van der Waals surface area (Å²) in [7, 11) is 0. The lowest BCUT2D eigenvalue weighted by molar-refractivity contribution is -0.133. The van der Waals surface area contributed by atoms with Gasteiger partial charge in [-0.1, -0.05) is 29.8 Å². The molecule has 1 heterocycles. The molecule has 0 spiro atoms. The number of ether oxygens (including phenoxy) is 1. The van der Waals surface area contributed by atoms with Crippen LogP contribution in [0.3, 0.4) is 0 Å². The third kappa shape index (κ3) is 3.55. The van der Waals surface area contributed by atoms with E-state index in [4.69, 9.17) is 10.5 Å². The Kier molecular flexibility index (Phi) is 4.05. The quantitative estimate of drug-likeness (QED) is 0.888. The van der Waals surface area contributed by atoms with E-state index in [1.54, 1.807) is 0 Å². The highest BCUT2D eigenvalue weighted by Crippen LogP contribution is 2.22. The van der Waals surface area contributed by atoms with Crippen LogP contribution >= 0.6 is 0 Å². The van der Waals surface area contributed by atoms with Crippen molar-refractivity contribution in [2.45, 2.75) is 39.0 Å². The molecule has 1 aromatic rings. The number of nitrogens with zero attached hydrogens (tertiary/aromatic N) is 1. The van der Waals surface area contributed by atoms with Crippen molar-refractivity contribution in [3.05, 3.63) is 35.4 Å². The zero-order valence-corrected chi connectivity index (χ0v) is 11.6.